The molecule has 5 nitrogen and oxygen atoms in total. The third-order valence-corrected chi connectivity index (χ3v) is 3.78. The number of nitrogens with zero attached hydrogens (tertiary/aromatic N) is 4. The molecule has 19 heavy (non-hydrogen) atoms. The van der Waals surface area contributed by atoms with Gasteiger partial charge in [-0.3, -0.25) is 4.40 Å². The van der Waals surface area contributed by atoms with Crippen molar-refractivity contribution in [1.82, 2.24) is 24.5 Å². The standard InChI is InChI=1S/C12H14ClN5S/c1-2-3-14-7-10-11(18-8-9(13)6-15-18)16-12-17(10)4-5-19-12/h4-6,8,14H,2-3,7H2,1H3. The maximum atomic E-state index is 5.93. The van der Waals surface area contributed by atoms with Crippen LogP contribution in [0, 0.1) is 0 Å². The van der Waals surface area contributed by atoms with E-state index >= 15 is 0 Å². The molecule has 3 heterocycles. The summed E-state index contributed by atoms with van der Waals surface area (Å²) in [6.07, 6.45) is 6.54. The van der Waals surface area contributed by atoms with Gasteiger partial charge in [-0.25, -0.2) is 4.68 Å². The number of fused-ring (bicyclic) bond motifs is 1. The molecule has 0 amide bonds. The molecule has 0 aliphatic rings. The molecule has 0 unspecified atom stereocenters. The van der Waals surface area contributed by atoms with E-state index in [-0.39, 0.29) is 0 Å². The number of hydrogen-bond acceptors (Lipinski definition) is 4. The molecule has 3 aromatic rings. The van der Waals surface area contributed by atoms with E-state index in [1.54, 1.807) is 28.4 Å². The summed E-state index contributed by atoms with van der Waals surface area (Å²) in [5, 5.41) is 10.3. The van der Waals surface area contributed by atoms with Crippen LogP contribution in [0.1, 0.15) is 19.0 Å². The lowest BCUT2D eigenvalue weighted by atomic mass is 10.4. The number of nitrogens with one attached hydrogen (secondary N) is 1. The first kappa shape index (κ1) is 12.7. The summed E-state index contributed by atoms with van der Waals surface area (Å²) in [6.45, 7) is 3.90. The van der Waals surface area contributed by atoms with Gasteiger partial charge in [-0.1, -0.05) is 18.5 Å². The molecule has 0 saturated carbocycles. The first-order chi connectivity index (χ1) is 9.29. The molecule has 3 rings (SSSR count). The van der Waals surface area contributed by atoms with Crippen LogP contribution in [0.5, 0.6) is 0 Å². The monoisotopic (exact) mass is 295 g/mol. The minimum absolute atomic E-state index is 0.615. The predicted molar refractivity (Wildman–Crippen MR) is 77.2 cm³/mol. The highest BCUT2D eigenvalue weighted by Crippen LogP contribution is 2.21. The van der Waals surface area contributed by atoms with Crippen LogP contribution >= 0.6 is 22.9 Å². The Balaban J connectivity index is 2.02. The lowest BCUT2D eigenvalue weighted by Gasteiger charge is -2.05. The number of thiazole rings is 1. The predicted octanol–water partition coefficient (Wildman–Crippen LogP) is 2.73. The molecule has 3 aromatic heterocycles. The second-order valence-electron chi connectivity index (χ2n) is 4.22. The molecule has 0 aromatic carbocycles. The van der Waals surface area contributed by atoms with Crippen LogP contribution in [0.3, 0.4) is 0 Å². The van der Waals surface area contributed by atoms with Crippen molar-refractivity contribution in [2.75, 3.05) is 6.54 Å². The van der Waals surface area contributed by atoms with Crippen LogP contribution in [-0.2, 0) is 6.54 Å². The third-order valence-electron chi connectivity index (χ3n) is 2.83. The number of halogens is 1. The molecule has 0 aliphatic carbocycles. The van der Waals surface area contributed by atoms with Crippen molar-refractivity contribution in [3.63, 3.8) is 0 Å². The molecule has 0 aliphatic heterocycles. The molecule has 1 N–H and O–H groups in total. The van der Waals surface area contributed by atoms with Gasteiger partial charge >= 0.3 is 0 Å². The van der Waals surface area contributed by atoms with Crippen LogP contribution in [0.25, 0.3) is 10.8 Å². The van der Waals surface area contributed by atoms with Crippen molar-refractivity contribution in [1.29, 1.82) is 0 Å². The minimum atomic E-state index is 0.615. The normalized spacial score (nSPS) is 11.5. The average Bonchev–Trinajstić information content (AvgIpc) is 3.06. The van der Waals surface area contributed by atoms with Crippen LogP contribution in [-0.4, -0.2) is 25.7 Å². The summed E-state index contributed by atoms with van der Waals surface area (Å²) in [7, 11) is 0. The molecule has 7 heteroatoms. The molecule has 0 radical (unpaired) electrons. The van der Waals surface area contributed by atoms with Gasteiger partial charge in [-0.05, 0) is 13.0 Å². The summed E-state index contributed by atoms with van der Waals surface area (Å²) >= 11 is 7.54. The SMILES string of the molecule is CCCNCc1c(-n2cc(Cl)cn2)nc2sccn12. The summed E-state index contributed by atoms with van der Waals surface area (Å²) < 4.78 is 3.82. The number of imidazole rings is 1. The smallest absolute Gasteiger partial charge is 0.196 e. The zero-order chi connectivity index (χ0) is 13.2. The minimum Gasteiger partial charge on any atom is -0.311 e. The number of rotatable bonds is 5. The molecule has 0 atom stereocenters. The van der Waals surface area contributed by atoms with Crippen molar-refractivity contribution in [2.24, 2.45) is 0 Å². The summed E-state index contributed by atoms with van der Waals surface area (Å²) in [5.41, 5.74) is 1.10. The van der Waals surface area contributed by atoms with E-state index in [1.807, 2.05) is 11.6 Å². The summed E-state index contributed by atoms with van der Waals surface area (Å²) in [6, 6.07) is 0. The molecule has 100 valence electrons. The Morgan fingerprint density at radius 3 is 3.11 bits per heavy atom. The van der Waals surface area contributed by atoms with Gasteiger partial charge < -0.3 is 5.32 Å². The fraction of sp³-hybridized carbons (Fsp3) is 0.333. The van der Waals surface area contributed by atoms with E-state index in [0.717, 1.165) is 36.0 Å². The van der Waals surface area contributed by atoms with Crippen molar-refractivity contribution >= 4 is 27.9 Å². The first-order valence-electron chi connectivity index (χ1n) is 6.15. The second-order valence-corrected chi connectivity index (χ2v) is 5.53. The molecule has 0 spiro atoms. The average molecular weight is 296 g/mol. The maximum Gasteiger partial charge on any atom is 0.196 e. The van der Waals surface area contributed by atoms with E-state index in [2.05, 4.69) is 26.7 Å². The van der Waals surface area contributed by atoms with Gasteiger partial charge in [-0.15, -0.1) is 11.3 Å². The Labute approximate surface area is 119 Å². The van der Waals surface area contributed by atoms with Crippen LogP contribution in [0.15, 0.2) is 24.0 Å². The fourth-order valence-electron chi connectivity index (χ4n) is 1.97. The Hall–Kier alpha value is -1.37. The van der Waals surface area contributed by atoms with Gasteiger partial charge in [0.2, 0.25) is 0 Å². The quantitative estimate of drug-likeness (QED) is 0.736. The first-order valence-corrected chi connectivity index (χ1v) is 7.41. The highest BCUT2D eigenvalue weighted by atomic mass is 35.5. The molecular weight excluding hydrogens is 282 g/mol. The fourth-order valence-corrected chi connectivity index (χ4v) is 2.83. The van der Waals surface area contributed by atoms with E-state index in [0.29, 0.717) is 5.02 Å². The van der Waals surface area contributed by atoms with E-state index in [4.69, 9.17) is 11.6 Å². The van der Waals surface area contributed by atoms with Gasteiger partial charge in [-0.2, -0.15) is 10.1 Å². The highest BCUT2D eigenvalue weighted by Gasteiger charge is 2.15. The van der Waals surface area contributed by atoms with Gasteiger partial charge in [0.1, 0.15) is 0 Å². The molecule has 0 saturated heterocycles. The highest BCUT2D eigenvalue weighted by molar-refractivity contribution is 7.15. The lowest BCUT2D eigenvalue weighted by Crippen LogP contribution is -2.16. The Morgan fingerprint density at radius 1 is 1.47 bits per heavy atom. The second kappa shape index (κ2) is 5.32. The Bertz CT molecular complexity index is 683. The summed E-state index contributed by atoms with van der Waals surface area (Å²) in [4.78, 5) is 5.59. The van der Waals surface area contributed by atoms with Crippen molar-refractivity contribution in [3.05, 3.63) is 34.7 Å². The molecule has 0 fully saturated rings. The maximum absolute atomic E-state index is 5.93. The van der Waals surface area contributed by atoms with Gasteiger partial charge in [0, 0.05) is 18.1 Å². The molecular formula is C12H14ClN5S. The topological polar surface area (TPSA) is 47.2 Å². The van der Waals surface area contributed by atoms with Crippen LogP contribution in [0.2, 0.25) is 5.02 Å². The molecule has 0 bridgehead atoms. The van der Waals surface area contributed by atoms with Crippen molar-refractivity contribution in [2.45, 2.75) is 19.9 Å². The van der Waals surface area contributed by atoms with E-state index < -0.39 is 0 Å². The van der Waals surface area contributed by atoms with Crippen LogP contribution < -0.4 is 5.32 Å². The zero-order valence-electron chi connectivity index (χ0n) is 10.5. The number of hydrogen-bond donors (Lipinski definition) is 1. The van der Waals surface area contributed by atoms with Crippen molar-refractivity contribution < 1.29 is 0 Å². The van der Waals surface area contributed by atoms with Gasteiger partial charge in [0.15, 0.2) is 10.8 Å². The van der Waals surface area contributed by atoms with Gasteiger partial charge in [0.25, 0.3) is 0 Å². The Morgan fingerprint density at radius 2 is 2.37 bits per heavy atom. The van der Waals surface area contributed by atoms with Crippen molar-refractivity contribution in [3.8, 4) is 5.82 Å². The third kappa shape index (κ3) is 2.39. The largest absolute Gasteiger partial charge is 0.311 e. The zero-order valence-corrected chi connectivity index (χ0v) is 12.1. The Kier molecular flexibility index (Phi) is 3.54. The van der Waals surface area contributed by atoms with E-state index in [9.17, 15) is 0 Å². The van der Waals surface area contributed by atoms with Crippen LogP contribution in [0.4, 0.5) is 0 Å². The van der Waals surface area contributed by atoms with E-state index in [1.165, 1.54) is 0 Å². The summed E-state index contributed by atoms with van der Waals surface area (Å²) in [5.74, 6) is 0.836. The van der Waals surface area contributed by atoms with Gasteiger partial charge in [0.05, 0.1) is 23.1 Å². The lowest BCUT2D eigenvalue weighted by molar-refractivity contribution is 0.655. The number of aromatic nitrogens is 4.